The van der Waals surface area contributed by atoms with Gasteiger partial charge < -0.3 is 10.5 Å². The molecule has 0 aromatic heterocycles. The van der Waals surface area contributed by atoms with Gasteiger partial charge in [0.1, 0.15) is 12.4 Å². The van der Waals surface area contributed by atoms with Gasteiger partial charge in [0.05, 0.1) is 0 Å². The number of benzene rings is 2. The normalized spacial score (nSPS) is 10.5. The Kier molecular flexibility index (Phi) is 3.23. The van der Waals surface area contributed by atoms with E-state index in [4.69, 9.17) is 10.5 Å². The minimum atomic E-state index is 0.532. The smallest absolute Gasteiger partial charge is 0.127 e. The fourth-order valence-electron chi connectivity index (χ4n) is 1.53. The van der Waals surface area contributed by atoms with Crippen molar-refractivity contribution in [1.82, 2.24) is 0 Å². The first-order valence-corrected chi connectivity index (χ1v) is 5.62. The Morgan fingerprint density at radius 2 is 1.80 bits per heavy atom. The number of hydrogen-bond acceptors (Lipinski definition) is 2. The number of nitrogens with two attached hydrogens (primary N) is 1. The van der Waals surface area contributed by atoms with Gasteiger partial charge in [0.15, 0.2) is 0 Å². The van der Waals surface area contributed by atoms with Crippen LogP contribution in [0.5, 0.6) is 5.75 Å². The summed E-state index contributed by atoms with van der Waals surface area (Å²) in [6.45, 7) is 1.08. The van der Waals surface area contributed by atoms with E-state index in [0.29, 0.717) is 13.2 Å². The number of ether oxygens (including phenoxy) is 1. The van der Waals surface area contributed by atoms with Gasteiger partial charge in [0, 0.05) is 16.4 Å². The molecule has 0 atom stereocenters. The largest absolute Gasteiger partial charge is 0.492 e. The molecule has 0 spiro atoms. The van der Waals surface area contributed by atoms with E-state index < -0.39 is 0 Å². The zero-order chi connectivity index (χ0) is 10.7. The fourth-order valence-corrected chi connectivity index (χ4v) is 2.01. The second-order valence-electron chi connectivity index (χ2n) is 3.23. The zero-order valence-corrected chi connectivity index (χ0v) is 9.83. The predicted octanol–water partition coefficient (Wildman–Crippen LogP) is 2.94. The Bertz CT molecular complexity index is 470. The van der Waals surface area contributed by atoms with Crippen LogP contribution in [0.2, 0.25) is 0 Å². The summed E-state index contributed by atoms with van der Waals surface area (Å²) in [6.07, 6.45) is 0. The summed E-state index contributed by atoms with van der Waals surface area (Å²) in [5.74, 6) is 0.888. The molecule has 0 aliphatic heterocycles. The van der Waals surface area contributed by atoms with Gasteiger partial charge >= 0.3 is 0 Å². The Morgan fingerprint density at radius 3 is 2.53 bits per heavy atom. The van der Waals surface area contributed by atoms with Crippen LogP contribution < -0.4 is 10.5 Å². The molecule has 2 aromatic rings. The van der Waals surface area contributed by atoms with Gasteiger partial charge in [-0.1, -0.05) is 40.2 Å². The predicted molar refractivity (Wildman–Crippen MR) is 66.2 cm³/mol. The molecular weight excluding hydrogens is 254 g/mol. The Balaban J connectivity index is 2.51. The van der Waals surface area contributed by atoms with E-state index in [1.807, 2.05) is 30.3 Å². The molecule has 2 rings (SSSR count). The molecule has 0 saturated carbocycles. The molecule has 78 valence electrons. The molecule has 3 heteroatoms. The van der Waals surface area contributed by atoms with Gasteiger partial charge in [0.25, 0.3) is 0 Å². The molecule has 2 N–H and O–H groups in total. The monoisotopic (exact) mass is 265 g/mol. The molecular formula is C12H12BrNO. The quantitative estimate of drug-likeness (QED) is 0.927. The number of fused-ring (bicyclic) bond motifs is 1. The van der Waals surface area contributed by atoms with Crippen LogP contribution in [0.15, 0.2) is 40.9 Å². The lowest BCUT2D eigenvalue weighted by Crippen LogP contribution is -2.10. The topological polar surface area (TPSA) is 35.2 Å². The van der Waals surface area contributed by atoms with Crippen LogP contribution in [-0.4, -0.2) is 13.2 Å². The highest BCUT2D eigenvalue weighted by molar-refractivity contribution is 9.10. The van der Waals surface area contributed by atoms with Gasteiger partial charge in [-0.2, -0.15) is 0 Å². The molecule has 2 nitrogen and oxygen atoms in total. The zero-order valence-electron chi connectivity index (χ0n) is 8.24. The summed E-state index contributed by atoms with van der Waals surface area (Å²) in [5, 5.41) is 2.27. The molecule has 0 aliphatic carbocycles. The Labute approximate surface area is 97.2 Å². The van der Waals surface area contributed by atoms with Gasteiger partial charge in [-0.15, -0.1) is 0 Å². The number of rotatable bonds is 3. The van der Waals surface area contributed by atoms with Crippen LogP contribution in [-0.2, 0) is 0 Å². The first kappa shape index (κ1) is 10.5. The molecule has 0 aliphatic rings. The maximum Gasteiger partial charge on any atom is 0.127 e. The van der Waals surface area contributed by atoms with Crippen molar-refractivity contribution in [3.05, 3.63) is 40.9 Å². The fraction of sp³-hybridized carbons (Fsp3) is 0.167. The van der Waals surface area contributed by atoms with E-state index in [2.05, 4.69) is 22.0 Å². The second-order valence-corrected chi connectivity index (χ2v) is 4.08. The van der Waals surface area contributed by atoms with Gasteiger partial charge in [0.2, 0.25) is 0 Å². The SMILES string of the molecule is NCCOc1ccc(Br)c2ccccc12. The van der Waals surface area contributed by atoms with E-state index in [1.165, 1.54) is 0 Å². The third-order valence-electron chi connectivity index (χ3n) is 2.21. The molecule has 0 fully saturated rings. The van der Waals surface area contributed by atoms with Gasteiger partial charge in [-0.05, 0) is 17.5 Å². The number of hydrogen-bond donors (Lipinski definition) is 1. The van der Waals surface area contributed by atoms with Crippen molar-refractivity contribution in [2.75, 3.05) is 13.2 Å². The van der Waals surface area contributed by atoms with E-state index in [-0.39, 0.29) is 0 Å². The van der Waals surface area contributed by atoms with Crippen molar-refractivity contribution in [2.45, 2.75) is 0 Å². The molecule has 0 amide bonds. The van der Waals surface area contributed by atoms with Crippen molar-refractivity contribution in [3.8, 4) is 5.75 Å². The summed E-state index contributed by atoms with van der Waals surface area (Å²) in [4.78, 5) is 0. The molecule has 0 heterocycles. The minimum absolute atomic E-state index is 0.532. The maximum absolute atomic E-state index is 5.58. The van der Waals surface area contributed by atoms with Crippen molar-refractivity contribution >= 4 is 26.7 Å². The van der Waals surface area contributed by atoms with Crippen LogP contribution >= 0.6 is 15.9 Å². The van der Waals surface area contributed by atoms with Crippen LogP contribution in [0.25, 0.3) is 10.8 Å². The summed E-state index contributed by atoms with van der Waals surface area (Å²) in [6, 6.07) is 12.1. The lowest BCUT2D eigenvalue weighted by molar-refractivity contribution is 0.332. The van der Waals surface area contributed by atoms with Crippen molar-refractivity contribution in [2.24, 2.45) is 5.73 Å². The highest BCUT2D eigenvalue weighted by Gasteiger charge is 2.03. The third kappa shape index (κ3) is 2.13. The van der Waals surface area contributed by atoms with Gasteiger partial charge in [-0.3, -0.25) is 0 Å². The first-order chi connectivity index (χ1) is 7.33. The summed E-state index contributed by atoms with van der Waals surface area (Å²) >= 11 is 3.52. The van der Waals surface area contributed by atoms with Crippen molar-refractivity contribution in [1.29, 1.82) is 0 Å². The summed E-state index contributed by atoms with van der Waals surface area (Å²) in [5.41, 5.74) is 5.42. The van der Waals surface area contributed by atoms with E-state index in [0.717, 1.165) is 21.0 Å². The molecule has 0 saturated heterocycles. The molecule has 2 aromatic carbocycles. The highest BCUT2D eigenvalue weighted by Crippen LogP contribution is 2.31. The summed E-state index contributed by atoms with van der Waals surface area (Å²) in [7, 11) is 0. The van der Waals surface area contributed by atoms with Crippen LogP contribution in [0, 0.1) is 0 Å². The van der Waals surface area contributed by atoms with Crippen molar-refractivity contribution < 1.29 is 4.74 Å². The minimum Gasteiger partial charge on any atom is -0.492 e. The highest BCUT2D eigenvalue weighted by atomic mass is 79.9. The number of halogens is 1. The van der Waals surface area contributed by atoms with Crippen LogP contribution in [0.3, 0.4) is 0 Å². The molecule has 15 heavy (non-hydrogen) atoms. The molecule has 0 bridgehead atoms. The van der Waals surface area contributed by atoms with Crippen LogP contribution in [0.4, 0.5) is 0 Å². The van der Waals surface area contributed by atoms with Crippen LogP contribution in [0.1, 0.15) is 0 Å². The first-order valence-electron chi connectivity index (χ1n) is 4.83. The van der Waals surface area contributed by atoms with E-state index >= 15 is 0 Å². The molecule has 0 radical (unpaired) electrons. The average Bonchev–Trinajstić information content (AvgIpc) is 2.29. The van der Waals surface area contributed by atoms with E-state index in [9.17, 15) is 0 Å². The Hall–Kier alpha value is -1.06. The van der Waals surface area contributed by atoms with E-state index in [1.54, 1.807) is 0 Å². The van der Waals surface area contributed by atoms with Crippen molar-refractivity contribution in [3.63, 3.8) is 0 Å². The standard InChI is InChI=1S/C12H12BrNO/c13-11-5-6-12(15-8-7-14)10-4-2-1-3-9(10)11/h1-6H,7-8,14H2. The third-order valence-corrected chi connectivity index (χ3v) is 2.90. The summed E-state index contributed by atoms with van der Waals surface area (Å²) < 4.78 is 6.66. The average molecular weight is 266 g/mol. The second kappa shape index (κ2) is 4.64. The Morgan fingerprint density at radius 1 is 1.07 bits per heavy atom. The van der Waals surface area contributed by atoms with Gasteiger partial charge in [-0.25, -0.2) is 0 Å². The maximum atomic E-state index is 5.58. The lowest BCUT2D eigenvalue weighted by Gasteiger charge is -2.09. The lowest BCUT2D eigenvalue weighted by atomic mass is 10.1. The molecule has 0 unspecified atom stereocenters.